The number of halogens is 1. The number of rotatable bonds is 4. The average molecular weight is 292 g/mol. The lowest BCUT2D eigenvalue weighted by atomic mass is 10.1. The van der Waals surface area contributed by atoms with Gasteiger partial charge in [-0.25, -0.2) is 9.18 Å². The molecule has 1 saturated heterocycles. The van der Waals surface area contributed by atoms with Crippen molar-refractivity contribution in [3.63, 3.8) is 0 Å². The molecule has 0 radical (unpaired) electrons. The van der Waals surface area contributed by atoms with Crippen LogP contribution < -0.4 is 0 Å². The maximum Gasteiger partial charge on any atom is 0.332 e. The molecule has 3 rings (SSSR count). The van der Waals surface area contributed by atoms with Crippen LogP contribution in [0.2, 0.25) is 0 Å². The first-order chi connectivity index (χ1) is 10.1. The second-order valence-electron chi connectivity index (χ2n) is 4.88. The Labute approximate surface area is 119 Å². The summed E-state index contributed by atoms with van der Waals surface area (Å²) in [4.78, 5) is 15.0. The van der Waals surface area contributed by atoms with Gasteiger partial charge in [0.15, 0.2) is 11.9 Å². The number of ether oxygens (including phenoxy) is 1. The van der Waals surface area contributed by atoms with Gasteiger partial charge in [-0.2, -0.15) is 4.98 Å². The maximum absolute atomic E-state index is 12.8. The highest BCUT2D eigenvalue weighted by Crippen LogP contribution is 2.31. The molecule has 2 atom stereocenters. The summed E-state index contributed by atoms with van der Waals surface area (Å²) < 4.78 is 23.3. The molecular formula is C14H13FN2O4. The predicted octanol–water partition coefficient (Wildman–Crippen LogP) is 2.10. The molecule has 21 heavy (non-hydrogen) atoms. The Balaban J connectivity index is 1.66. The summed E-state index contributed by atoms with van der Waals surface area (Å²) in [6.07, 6.45) is 0.0898. The number of carboxylic acid groups (broad SMARTS) is 1. The van der Waals surface area contributed by atoms with Crippen LogP contribution in [0.15, 0.2) is 28.8 Å². The molecule has 1 fully saturated rings. The molecule has 110 valence electrons. The molecule has 2 unspecified atom stereocenters. The van der Waals surface area contributed by atoms with E-state index < -0.39 is 18.2 Å². The summed E-state index contributed by atoms with van der Waals surface area (Å²) >= 11 is 0. The average Bonchev–Trinajstić information content (AvgIpc) is 3.10. The lowest BCUT2D eigenvalue weighted by Gasteiger charge is -2.05. The SMILES string of the molecule is O=C(O)C1CCC(c2nc(Cc3ccc(F)cc3)no2)O1. The van der Waals surface area contributed by atoms with E-state index in [0.29, 0.717) is 25.1 Å². The fourth-order valence-electron chi connectivity index (χ4n) is 2.26. The molecule has 1 N–H and O–H groups in total. The van der Waals surface area contributed by atoms with Crippen LogP contribution in [0.3, 0.4) is 0 Å². The van der Waals surface area contributed by atoms with E-state index in [1.54, 1.807) is 12.1 Å². The Hall–Kier alpha value is -2.28. The van der Waals surface area contributed by atoms with E-state index in [9.17, 15) is 9.18 Å². The van der Waals surface area contributed by atoms with Crippen LogP contribution in [0.1, 0.15) is 36.2 Å². The summed E-state index contributed by atoms with van der Waals surface area (Å²) in [6.45, 7) is 0. The fourth-order valence-corrected chi connectivity index (χ4v) is 2.26. The molecule has 1 aliphatic heterocycles. The standard InChI is InChI=1S/C14H13FN2O4/c15-9-3-1-8(2-4-9)7-12-16-13(21-17-12)10-5-6-11(20-10)14(18)19/h1-4,10-11H,5-7H2,(H,18,19). The number of carboxylic acids is 1. The van der Waals surface area contributed by atoms with Gasteiger partial charge in [-0.1, -0.05) is 17.3 Å². The van der Waals surface area contributed by atoms with E-state index in [1.807, 2.05) is 0 Å². The first-order valence-corrected chi connectivity index (χ1v) is 6.57. The van der Waals surface area contributed by atoms with Crippen molar-refractivity contribution < 1.29 is 23.6 Å². The van der Waals surface area contributed by atoms with Crippen molar-refractivity contribution in [2.24, 2.45) is 0 Å². The third kappa shape index (κ3) is 3.08. The van der Waals surface area contributed by atoms with Gasteiger partial charge in [-0.15, -0.1) is 0 Å². The van der Waals surface area contributed by atoms with Gasteiger partial charge in [-0.3, -0.25) is 0 Å². The lowest BCUT2D eigenvalue weighted by Crippen LogP contribution is -2.18. The van der Waals surface area contributed by atoms with Gasteiger partial charge in [0.1, 0.15) is 11.9 Å². The smallest absolute Gasteiger partial charge is 0.332 e. The minimum atomic E-state index is -0.983. The van der Waals surface area contributed by atoms with Crippen molar-refractivity contribution in [3.05, 3.63) is 47.4 Å². The Morgan fingerprint density at radius 2 is 2.10 bits per heavy atom. The van der Waals surface area contributed by atoms with Crippen LogP contribution in [0, 0.1) is 5.82 Å². The molecule has 1 aromatic carbocycles. The number of aliphatic carboxylic acids is 1. The van der Waals surface area contributed by atoms with Crippen molar-refractivity contribution in [3.8, 4) is 0 Å². The second kappa shape index (κ2) is 5.61. The molecule has 0 aliphatic carbocycles. The second-order valence-corrected chi connectivity index (χ2v) is 4.88. The molecule has 2 aromatic rings. The van der Waals surface area contributed by atoms with Crippen molar-refractivity contribution >= 4 is 5.97 Å². The zero-order valence-electron chi connectivity index (χ0n) is 11.0. The zero-order chi connectivity index (χ0) is 14.8. The minimum Gasteiger partial charge on any atom is -0.479 e. The molecular weight excluding hydrogens is 279 g/mol. The van der Waals surface area contributed by atoms with Crippen LogP contribution >= 0.6 is 0 Å². The van der Waals surface area contributed by atoms with Crippen LogP contribution in [0.5, 0.6) is 0 Å². The predicted molar refractivity (Wildman–Crippen MR) is 68.0 cm³/mol. The molecule has 2 heterocycles. The van der Waals surface area contributed by atoms with E-state index in [-0.39, 0.29) is 11.7 Å². The number of aromatic nitrogens is 2. The minimum absolute atomic E-state index is 0.288. The van der Waals surface area contributed by atoms with E-state index in [2.05, 4.69) is 10.1 Å². The molecule has 7 heteroatoms. The van der Waals surface area contributed by atoms with Crippen molar-refractivity contribution in [1.82, 2.24) is 10.1 Å². The lowest BCUT2D eigenvalue weighted by molar-refractivity contribution is -0.150. The Morgan fingerprint density at radius 3 is 2.76 bits per heavy atom. The normalized spacial score (nSPS) is 21.6. The van der Waals surface area contributed by atoms with E-state index in [4.69, 9.17) is 14.4 Å². The molecule has 1 aliphatic rings. The third-order valence-electron chi connectivity index (χ3n) is 3.33. The molecule has 0 amide bonds. The Morgan fingerprint density at radius 1 is 1.33 bits per heavy atom. The quantitative estimate of drug-likeness (QED) is 0.928. The third-order valence-corrected chi connectivity index (χ3v) is 3.33. The van der Waals surface area contributed by atoms with E-state index >= 15 is 0 Å². The van der Waals surface area contributed by atoms with Crippen molar-refractivity contribution in [2.45, 2.75) is 31.5 Å². The van der Waals surface area contributed by atoms with Gasteiger partial charge in [-0.05, 0) is 30.5 Å². The van der Waals surface area contributed by atoms with E-state index in [1.165, 1.54) is 12.1 Å². The number of nitrogens with zero attached hydrogens (tertiary/aromatic N) is 2. The first-order valence-electron chi connectivity index (χ1n) is 6.57. The maximum atomic E-state index is 12.8. The molecule has 6 nitrogen and oxygen atoms in total. The topological polar surface area (TPSA) is 85.5 Å². The van der Waals surface area contributed by atoms with Gasteiger partial charge >= 0.3 is 5.97 Å². The van der Waals surface area contributed by atoms with Gasteiger partial charge in [0.2, 0.25) is 0 Å². The summed E-state index contributed by atoms with van der Waals surface area (Å²) in [5, 5.41) is 12.7. The molecule has 0 saturated carbocycles. The number of hydrogen-bond acceptors (Lipinski definition) is 5. The van der Waals surface area contributed by atoms with E-state index in [0.717, 1.165) is 5.56 Å². The Kier molecular flexibility index (Phi) is 3.66. The monoisotopic (exact) mass is 292 g/mol. The molecule has 1 aromatic heterocycles. The number of benzene rings is 1. The largest absolute Gasteiger partial charge is 0.479 e. The van der Waals surface area contributed by atoms with Gasteiger partial charge in [0.05, 0.1) is 0 Å². The highest BCUT2D eigenvalue weighted by atomic mass is 19.1. The summed E-state index contributed by atoms with van der Waals surface area (Å²) in [6, 6.07) is 6.04. The first kappa shape index (κ1) is 13.7. The van der Waals surface area contributed by atoms with Crippen LogP contribution in [0.4, 0.5) is 4.39 Å². The highest BCUT2D eigenvalue weighted by molar-refractivity contribution is 5.72. The summed E-state index contributed by atoms with van der Waals surface area (Å²) in [5.74, 6) is -0.537. The van der Waals surface area contributed by atoms with Gasteiger partial charge in [0, 0.05) is 6.42 Å². The number of carbonyl (C=O) groups is 1. The highest BCUT2D eigenvalue weighted by Gasteiger charge is 2.34. The van der Waals surface area contributed by atoms with Crippen LogP contribution in [-0.4, -0.2) is 27.3 Å². The van der Waals surface area contributed by atoms with Gasteiger partial charge < -0.3 is 14.4 Å². The zero-order valence-corrected chi connectivity index (χ0v) is 11.0. The van der Waals surface area contributed by atoms with Crippen LogP contribution in [-0.2, 0) is 16.0 Å². The number of hydrogen-bond donors (Lipinski definition) is 1. The van der Waals surface area contributed by atoms with Crippen molar-refractivity contribution in [1.29, 1.82) is 0 Å². The molecule has 0 bridgehead atoms. The van der Waals surface area contributed by atoms with Crippen molar-refractivity contribution in [2.75, 3.05) is 0 Å². The summed E-state index contributed by atoms with van der Waals surface area (Å²) in [5.41, 5.74) is 0.861. The Bertz CT molecular complexity index is 641. The van der Waals surface area contributed by atoms with Gasteiger partial charge in [0.25, 0.3) is 5.89 Å². The molecule has 0 spiro atoms. The fraction of sp³-hybridized carbons (Fsp3) is 0.357. The summed E-state index contributed by atoms with van der Waals surface area (Å²) in [7, 11) is 0. The van der Waals surface area contributed by atoms with Crippen LogP contribution in [0.25, 0.3) is 0 Å².